The third kappa shape index (κ3) is 1.57. The second-order valence-electron chi connectivity index (χ2n) is 6.25. The van der Waals surface area contributed by atoms with Crippen LogP contribution in [0.4, 0.5) is 0 Å². The van der Waals surface area contributed by atoms with Crippen molar-refractivity contribution < 1.29 is 0 Å². The van der Waals surface area contributed by atoms with Crippen molar-refractivity contribution in [3.63, 3.8) is 0 Å². The van der Waals surface area contributed by atoms with Crippen LogP contribution < -0.4 is 0 Å². The van der Waals surface area contributed by atoms with Crippen LogP contribution in [0.5, 0.6) is 0 Å². The van der Waals surface area contributed by atoms with Crippen LogP contribution >= 0.6 is 0 Å². The van der Waals surface area contributed by atoms with Gasteiger partial charge in [0.05, 0.1) is 0 Å². The molecule has 0 spiro atoms. The first-order chi connectivity index (χ1) is 7.83. The van der Waals surface area contributed by atoms with Gasteiger partial charge in [-0.15, -0.1) is 0 Å². The summed E-state index contributed by atoms with van der Waals surface area (Å²) in [5, 5.41) is 0. The summed E-state index contributed by atoms with van der Waals surface area (Å²) in [7, 11) is 0. The van der Waals surface area contributed by atoms with Crippen molar-refractivity contribution in [2.24, 2.45) is 0 Å². The molecule has 0 amide bonds. The third-order valence-corrected chi connectivity index (χ3v) is 4.77. The predicted molar refractivity (Wildman–Crippen MR) is 75.5 cm³/mol. The first-order valence-corrected chi connectivity index (χ1v) is 6.64. The number of hydrogen-bond acceptors (Lipinski definition) is 0. The Morgan fingerprint density at radius 3 is 1.82 bits per heavy atom. The van der Waals surface area contributed by atoms with Crippen molar-refractivity contribution in [2.45, 2.75) is 58.8 Å². The predicted octanol–water partition coefficient (Wildman–Crippen LogP) is 4.98. The molecule has 0 aliphatic heterocycles. The van der Waals surface area contributed by atoms with E-state index in [1.165, 1.54) is 11.1 Å². The fourth-order valence-corrected chi connectivity index (χ4v) is 3.49. The molecule has 0 unspecified atom stereocenters. The summed E-state index contributed by atoms with van der Waals surface area (Å²) >= 11 is 0. The van der Waals surface area contributed by atoms with Crippen molar-refractivity contribution in [1.82, 2.24) is 0 Å². The van der Waals surface area contributed by atoms with E-state index in [4.69, 9.17) is 0 Å². The molecule has 0 radical (unpaired) electrons. The minimum absolute atomic E-state index is 0.178. The highest BCUT2D eigenvalue weighted by Crippen LogP contribution is 2.49. The molecule has 0 aromatic heterocycles. The normalized spacial score (nSPS) is 21.3. The van der Waals surface area contributed by atoms with E-state index < -0.39 is 0 Å². The molecule has 1 aliphatic carbocycles. The molecule has 1 aromatic carbocycles. The lowest BCUT2D eigenvalue weighted by molar-refractivity contribution is 0.492. The Bertz CT molecular complexity index is 473. The van der Waals surface area contributed by atoms with Crippen molar-refractivity contribution in [3.8, 4) is 0 Å². The quantitative estimate of drug-likeness (QED) is 0.594. The highest BCUT2D eigenvalue weighted by atomic mass is 14.4. The molecule has 0 heterocycles. The van der Waals surface area contributed by atoms with Crippen LogP contribution in [-0.4, -0.2) is 0 Å². The minimum Gasteiger partial charge on any atom is -0.0632 e. The lowest BCUT2D eigenvalue weighted by atomic mass is 9.60. The van der Waals surface area contributed by atoms with Crippen molar-refractivity contribution >= 4 is 0 Å². The summed E-state index contributed by atoms with van der Waals surface area (Å²) in [5.74, 6) is 0. The number of hydrogen-bond donors (Lipinski definition) is 0. The van der Waals surface area contributed by atoms with E-state index in [2.05, 4.69) is 65.8 Å². The second-order valence-corrected chi connectivity index (χ2v) is 6.25. The maximum Gasteiger partial charge on any atom is 0.0111 e. The van der Waals surface area contributed by atoms with Gasteiger partial charge in [-0.1, -0.05) is 70.0 Å². The molecule has 2 rings (SSSR count). The van der Waals surface area contributed by atoms with Gasteiger partial charge >= 0.3 is 0 Å². The molecule has 17 heavy (non-hydrogen) atoms. The zero-order chi connectivity index (χ0) is 12.8. The molecule has 1 aromatic rings. The number of rotatable bonds is 1. The van der Waals surface area contributed by atoms with Crippen molar-refractivity contribution in [1.29, 1.82) is 0 Å². The number of allylic oxidation sites excluding steroid dienone is 2. The van der Waals surface area contributed by atoms with Crippen LogP contribution in [0.2, 0.25) is 0 Å². The maximum atomic E-state index is 2.36. The number of benzene rings is 1. The standard InChI is InChI=1S/C17H24/c1-7-13-12(2)16(3,4)14-10-8-9-11-15(14)17(13,5)6/h8-11H,7H2,1-6H3. The Kier molecular flexibility index (Phi) is 2.72. The summed E-state index contributed by atoms with van der Waals surface area (Å²) < 4.78 is 0. The molecule has 0 heteroatoms. The van der Waals surface area contributed by atoms with Crippen molar-refractivity contribution in [2.75, 3.05) is 0 Å². The Morgan fingerprint density at radius 1 is 0.882 bits per heavy atom. The van der Waals surface area contributed by atoms with Gasteiger partial charge in [-0.25, -0.2) is 0 Å². The van der Waals surface area contributed by atoms with Crippen LogP contribution in [0, 0.1) is 0 Å². The van der Waals surface area contributed by atoms with Crippen LogP contribution in [-0.2, 0) is 10.8 Å². The van der Waals surface area contributed by atoms with E-state index in [1.807, 2.05) is 0 Å². The number of fused-ring (bicyclic) bond motifs is 1. The molecule has 1 aliphatic rings. The van der Waals surface area contributed by atoms with Gasteiger partial charge in [0.2, 0.25) is 0 Å². The van der Waals surface area contributed by atoms with Gasteiger partial charge in [0.25, 0.3) is 0 Å². The summed E-state index contributed by atoms with van der Waals surface area (Å²) in [6, 6.07) is 8.94. The largest absolute Gasteiger partial charge is 0.0632 e. The van der Waals surface area contributed by atoms with Crippen LogP contribution in [0.15, 0.2) is 35.4 Å². The second kappa shape index (κ2) is 3.73. The topological polar surface area (TPSA) is 0 Å². The summed E-state index contributed by atoms with van der Waals surface area (Å²) in [6.07, 6.45) is 1.15. The fourth-order valence-electron chi connectivity index (χ4n) is 3.49. The van der Waals surface area contributed by atoms with Gasteiger partial charge < -0.3 is 0 Å². The van der Waals surface area contributed by atoms with Crippen molar-refractivity contribution in [3.05, 3.63) is 46.5 Å². The zero-order valence-corrected chi connectivity index (χ0v) is 12.0. The van der Waals surface area contributed by atoms with Gasteiger partial charge in [-0.2, -0.15) is 0 Å². The molecule has 0 bridgehead atoms. The molecule has 0 fully saturated rings. The maximum absolute atomic E-state index is 2.36. The first kappa shape index (κ1) is 12.4. The Hall–Kier alpha value is -1.04. The van der Waals surface area contributed by atoms with Gasteiger partial charge in [0, 0.05) is 10.8 Å². The van der Waals surface area contributed by atoms with Crippen LogP contribution in [0.1, 0.15) is 59.1 Å². The van der Waals surface area contributed by atoms with E-state index in [0.29, 0.717) is 0 Å². The minimum atomic E-state index is 0.178. The molecular weight excluding hydrogens is 204 g/mol. The lowest BCUT2D eigenvalue weighted by Gasteiger charge is -2.44. The molecule has 0 atom stereocenters. The monoisotopic (exact) mass is 228 g/mol. The van der Waals surface area contributed by atoms with E-state index in [0.717, 1.165) is 6.42 Å². The van der Waals surface area contributed by atoms with Crippen LogP contribution in [0.25, 0.3) is 0 Å². The SMILES string of the molecule is CCC1=C(C)C(C)(C)c2ccccc2C1(C)C. The van der Waals surface area contributed by atoms with E-state index in [1.54, 1.807) is 11.1 Å². The van der Waals surface area contributed by atoms with Gasteiger partial charge in [-0.05, 0) is 24.5 Å². The fraction of sp³-hybridized carbons (Fsp3) is 0.529. The average Bonchev–Trinajstić information content (AvgIpc) is 2.28. The van der Waals surface area contributed by atoms with E-state index in [9.17, 15) is 0 Å². The summed E-state index contributed by atoms with van der Waals surface area (Å²) in [4.78, 5) is 0. The highest BCUT2D eigenvalue weighted by Gasteiger charge is 2.40. The van der Waals surface area contributed by atoms with E-state index >= 15 is 0 Å². The smallest absolute Gasteiger partial charge is 0.0111 e. The lowest BCUT2D eigenvalue weighted by Crippen LogP contribution is -2.36. The Balaban J connectivity index is 2.79. The molecular formula is C17H24. The first-order valence-electron chi connectivity index (χ1n) is 6.64. The Morgan fingerprint density at radius 2 is 1.35 bits per heavy atom. The molecule has 92 valence electrons. The summed E-state index contributed by atoms with van der Waals surface area (Å²) in [6.45, 7) is 14.0. The molecule has 0 N–H and O–H groups in total. The van der Waals surface area contributed by atoms with E-state index in [-0.39, 0.29) is 10.8 Å². The molecule has 0 saturated heterocycles. The van der Waals surface area contributed by atoms with Gasteiger partial charge in [-0.3, -0.25) is 0 Å². The molecule has 0 nitrogen and oxygen atoms in total. The summed E-state index contributed by atoms with van der Waals surface area (Å²) in [5.41, 5.74) is 6.54. The van der Waals surface area contributed by atoms with Crippen LogP contribution in [0.3, 0.4) is 0 Å². The average molecular weight is 228 g/mol. The van der Waals surface area contributed by atoms with Gasteiger partial charge in [0.1, 0.15) is 0 Å². The zero-order valence-electron chi connectivity index (χ0n) is 12.0. The highest BCUT2D eigenvalue weighted by molar-refractivity contribution is 5.54. The third-order valence-electron chi connectivity index (χ3n) is 4.77. The molecule has 0 saturated carbocycles. The Labute approximate surface area is 106 Å². The van der Waals surface area contributed by atoms with Gasteiger partial charge in [0.15, 0.2) is 0 Å².